The number of hydrogen-bond donors (Lipinski definition) is 2. The number of benzene rings is 1. The number of ether oxygens (including phenoxy) is 1. The molecule has 0 unspecified atom stereocenters. The molecule has 3 aromatic rings. The molecule has 2 aromatic heterocycles. The highest BCUT2D eigenvalue weighted by atomic mass is 19.4. The molecule has 4 rings (SSSR count). The highest BCUT2D eigenvalue weighted by Crippen LogP contribution is 2.34. The van der Waals surface area contributed by atoms with Gasteiger partial charge in [-0.05, 0) is 43.9 Å². The molecule has 11 heteroatoms. The van der Waals surface area contributed by atoms with E-state index >= 15 is 0 Å². The number of carbonyl (C=O) groups excluding carboxylic acids is 1. The summed E-state index contributed by atoms with van der Waals surface area (Å²) in [6.07, 6.45) is 0.0988. The van der Waals surface area contributed by atoms with Gasteiger partial charge in [-0.25, -0.2) is 9.78 Å². The summed E-state index contributed by atoms with van der Waals surface area (Å²) in [5.74, 6) is -0.729. The Hall–Kier alpha value is -3.63. The van der Waals surface area contributed by atoms with Crippen molar-refractivity contribution in [3.63, 3.8) is 0 Å². The second kappa shape index (κ2) is 8.25. The molecule has 8 nitrogen and oxygen atoms in total. The summed E-state index contributed by atoms with van der Waals surface area (Å²) in [6, 6.07) is 8.59. The monoisotopic (exact) mass is 433 g/mol. The van der Waals surface area contributed by atoms with Crippen molar-refractivity contribution in [3.8, 4) is 11.6 Å². The molecule has 0 aliphatic heterocycles. The lowest BCUT2D eigenvalue weighted by Gasteiger charge is -2.14. The molecule has 1 aliphatic rings. The highest BCUT2D eigenvalue weighted by molar-refractivity contribution is 6.05. The minimum absolute atomic E-state index is 0.103. The zero-order valence-electron chi connectivity index (χ0n) is 16.1. The van der Waals surface area contributed by atoms with E-state index in [-0.39, 0.29) is 11.9 Å². The zero-order chi connectivity index (χ0) is 22.0. The maximum atomic E-state index is 13.7. The van der Waals surface area contributed by atoms with Gasteiger partial charge in [-0.3, -0.25) is 9.59 Å². The predicted molar refractivity (Wildman–Crippen MR) is 104 cm³/mol. The van der Waals surface area contributed by atoms with Crippen molar-refractivity contribution in [1.82, 2.24) is 20.0 Å². The van der Waals surface area contributed by atoms with Crippen LogP contribution in [0.2, 0.25) is 0 Å². The van der Waals surface area contributed by atoms with Crippen LogP contribution in [0.3, 0.4) is 0 Å². The highest BCUT2D eigenvalue weighted by Gasteiger charge is 2.41. The number of nitrogens with zero attached hydrogens (tertiary/aromatic N) is 3. The van der Waals surface area contributed by atoms with Crippen LogP contribution >= 0.6 is 0 Å². The second-order valence-electron chi connectivity index (χ2n) is 7.10. The molecule has 1 amide bonds. The van der Waals surface area contributed by atoms with E-state index in [0.717, 1.165) is 44.0 Å². The molecule has 0 radical (unpaired) electrons. The van der Waals surface area contributed by atoms with Crippen molar-refractivity contribution in [1.29, 1.82) is 0 Å². The van der Waals surface area contributed by atoms with Crippen molar-refractivity contribution in [2.45, 2.75) is 38.0 Å². The predicted octanol–water partition coefficient (Wildman–Crippen LogP) is 3.55. The van der Waals surface area contributed by atoms with Crippen molar-refractivity contribution in [3.05, 3.63) is 64.2 Å². The first-order valence-electron chi connectivity index (χ1n) is 9.60. The van der Waals surface area contributed by atoms with Crippen LogP contribution in [0.15, 0.2) is 47.4 Å². The first-order valence-corrected chi connectivity index (χ1v) is 9.60. The molecular formula is C20H18F3N5O3. The molecule has 1 aliphatic carbocycles. The van der Waals surface area contributed by atoms with Gasteiger partial charge in [0, 0.05) is 17.8 Å². The fourth-order valence-corrected chi connectivity index (χ4v) is 3.46. The third-order valence-corrected chi connectivity index (χ3v) is 4.86. The molecule has 0 spiro atoms. The number of aromatic nitrogens is 4. The molecule has 0 atom stereocenters. The van der Waals surface area contributed by atoms with E-state index < -0.39 is 28.9 Å². The van der Waals surface area contributed by atoms with Gasteiger partial charge < -0.3 is 10.1 Å². The van der Waals surface area contributed by atoms with Gasteiger partial charge in [-0.1, -0.05) is 6.07 Å². The normalized spacial score (nSPS) is 14.5. The van der Waals surface area contributed by atoms with Crippen molar-refractivity contribution in [2.75, 3.05) is 5.32 Å². The number of H-pyrrole nitrogens is 1. The van der Waals surface area contributed by atoms with Gasteiger partial charge in [0.25, 0.3) is 11.5 Å². The van der Waals surface area contributed by atoms with Crippen LogP contribution in [0.1, 0.15) is 41.7 Å². The van der Waals surface area contributed by atoms with Gasteiger partial charge in [-0.15, -0.1) is 0 Å². The number of aromatic amines is 1. The molecule has 31 heavy (non-hydrogen) atoms. The number of amides is 1. The summed E-state index contributed by atoms with van der Waals surface area (Å²) in [5.41, 5.74) is -2.27. The van der Waals surface area contributed by atoms with Gasteiger partial charge in [0.2, 0.25) is 0 Å². The molecule has 0 bridgehead atoms. The average molecular weight is 433 g/mol. The molecule has 1 fully saturated rings. The van der Waals surface area contributed by atoms with E-state index in [0.29, 0.717) is 16.1 Å². The minimum Gasteiger partial charge on any atom is -0.490 e. The maximum absolute atomic E-state index is 13.7. The lowest BCUT2D eigenvalue weighted by molar-refractivity contribution is -0.143. The molecule has 1 saturated carbocycles. The summed E-state index contributed by atoms with van der Waals surface area (Å²) in [4.78, 5) is 23.8. The molecule has 162 valence electrons. The molecule has 0 saturated heterocycles. The number of anilines is 1. The van der Waals surface area contributed by atoms with E-state index in [4.69, 9.17) is 4.74 Å². The largest absolute Gasteiger partial charge is 0.490 e. The quantitative estimate of drug-likeness (QED) is 0.641. The van der Waals surface area contributed by atoms with Gasteiger partial charge in [0.1, 0.15) is 5.75 Å². The topological polar surface area (TPSA) is 102 Å². The van der Waals surface area contributed by atoms with E-state index in [1.807, 2.05) is 5.10 Å². The Bertz CT molecular complexity index is 1130. The Labute approximate surface area is 174 Å². The smallest absolute Gasteiger partial charge is 0.434 e. The third-order valence-electron chi connectivity index (χ3n) is 4.86. The Morgan fingerprint density at radius 2 is 1.97 bits per heavy atom. The van der Waals surface area contributed by atoms with Crippen LogP contribution in [0.5, 0.6) is 5.75 Å². The molecule has 2 heterocycles. The fraction of sp³-hybridized carbons (Fsp3) is 0.300. The summed E-state index contributed by atoms with van der Waals surface area (Å²) in [7, 11) is 0. The van der Waals surface area contributed by atoms with Gasteiger partial charge >= 0.3 is 6.18 Å². The lowest BCUT2D eigenvalue weighted by Crippen LogP contribution is -2.22. The van der Waals surface area contributed by atoms with Crippen LogP contribution in [0.25, 0.3) is 5.82 Å². The Kier molecular flexibility index (Phi) is 5.49. The standard InChI is InChI=1S/C20H18F3N5O3/c21-20(22,23)18-15(11-24-28(18)16-8-9-17(29)27-26-16)19(30)25-12-4-3-7-14(10-12)31-13-5-1-2-6-13/h3-4,7-11,13H,1-2,5-6H2,(H,25,30)(H,27,29). The number of rotatable bonds is 5. The van der Waals surface area contributed by atoms with Crippen molar-refractivity contribution < 1.29 is 22.7 Å². The lowest BCUT2D eigenvalue weighted by atomic mass is 10.2. The summed E-state index contributed by atoms with van der Waals surface area (Å²) in [6.45, 7) is 0. The fourth-order valence-electron chi connectivity index (χ4n) is 3.46. The van der Waals surface area contributed by atoms with Crippen LogP contribution < -0.4 is 15.6 Å². The van der Waals surface area contributed by atoms with E-state index in [2.05, 4.69) is 15.5 Å². The summed E-state index contributed by atoms with van der Waals surface area (Å²) in [5, 5.41) is 11.7. The van der Waals surface area contributed by atoms with Crippen LogP contribution in [0, 0.1) is 0 Å². The molecular weight excluding hydrogens is 415 g/mol. The van der Waals surface area contributed by atoms with Gasteiger partial charge in [0.05, 0.1) is 17.9 Å². The molecule has 2 N–H and O–H groups in total. The van der Waals surface area contributed by atoms with E-state index in [1.165, 1.54) is 0 Å². The summed E-state index contributed by atoms with van der Waals surface area (Å²) < 4.78 is 47.5. The van der Waals surface area contributed by atoms with Crippen LogP contribution in [0.4, 0.5) is 18.9 Å². The zero-order valence-corrected chi connectivity index (χ0v) is 16.1. The Morgan fingerprint density at radius 1 is 1.19 bits per heavy atom. The molecule has 1 aromatic carbocycles. The number of nitrogens with one attached hydrogen (secondary N) is 2. The van der Waals surface area contributed by atoms with Crippen LogP contribution in [-0.2, 0) is 6.18 Å². The second-order valence-corrected chi connectivity index (χ2v) is 7.10. The van der Waals surface area contributed by atoms with Crippen molar-refractivity contribution >= 4 is 11.6 Å². The van der Waals surface area contributed by atoms with Gasteiger partial charge in [-0.2, -0.15) is 23.4 Å². The third kappa shape index (κ3) is 4.60. The number of carbonyl (C=O) groups is 1. The Morgan fingerprint density at radius 3 is 2.65 bits per heavy atom. The van der Waals surface area contributed by atoms with Crippen LogP contribution in [-0.4, -0.2) is 32.0 Å². The van der Waals surface area contributed by atoms with E-state index in [9.17, 15) is 22.8 Å². The number of hydrogen-bond acceptors (Lipinski definition) is 5. The Balaban J connectivity index is 1.60. The van der Waals surface area contributed by atoms with Gasteiger partial charge in [0.15, 0.2) is 11.5 Å². The number of alkyl halides is 3. The first kappa shape index (κ1) is 20.6. The first-order chi connectivity index (χ1) is 14.8. The maximum Gasteiger partial charge on any atom is 0.434 e. The minimum atomic E-state index is -4.89. The SMILES string of the molecule is O=C(Nc1cccc(OC2CCCC2)c1)c1cnn(-c2ccc(=O)[nH]n2)c1C(F)(F)F. The van der Waals surface area contributed by atoms with Crippen molar-refractivity contribution in [2.24, 2.45) is 0 Å². The van der Waals surface area contributed by atoms with E-state index in [1.54, 1.807) is 24.3 Å². The number of halogens is 3. The average Bonchev–Trinajstić information content (AvgIpc) is 3.38. The summed E-state index contributed by atoms with van der Waals surface area (Å²) >= 11 is 0.